The molecule has 0 radical (unpaired) electrons. The average Bonchev–Trinajstić information content (AvgIpc) is 3.31. The molecule has 25 heavy (non-hydrogen) atoms. The summed E-state index contributed by atoms with van der Waals surface area (Å²) in [4.78, 5) is 16.7. The predicted octanol–water partition coefficient (Wildman–Crippen LogP) is 3.69. The first-order valence-electron chi connectivity index (χ1n) is 8.09. The number of hydrogen-bond donors (Lipinski definition) is 1. The van der Waals surface area contributed by atoms with Gasteiger partial charge in [-0.05, 0) is 37.6 Å². The predicted molar refractivity (Wildman–Crippen MR) is 92.4 cm³/mol. The number of aryl methyl sites for hydroxylation is 1. The second-order valence-corrected chi connectivity index (χ2v) is 5.72. The van der Waals surface area contributed by atoms with E-state index in [1.165, 1.54) is 6.39 Å². The fourth-order valence-corrected chi connectivity index (χ4v) is 2.61. The van der Waals surface area contributed by atoms with Gasteiger partial charge >= 0.3 is 0 Å². The molecule has 1 atom stereocenters. The van der Waals surface area contributed by atoms with Crippen molar-refractivity contribution in [2.45, 2.75) is 25.8 Å². The van der Waals surface area contributed by atoms with Crippen LogP contribution in [-0.4, -0.2) is 24.0 Å². The van der Waals surface area contributed by atoms with Gasteiger partial charge in [-0.3, -0.25) is 4.79 Å². The first-order valence-corrected chi connectivity index (χ1v) is 8.09. The summed E-state index contributed by atoms with van der Waals surface area (Å²) in [7, 11) is 1.58. The molecule has 0 fully saturated rings. The number of nitrogens with zero attached hydrogens (tertiary/aromatic N) is 1. The van der Waals surface area contributed by atoms with Crippen LogP contribution in [0.5, 0.6) is 5.75 Å². The Morgan fingerprint density at radius 1 is 1.24 bits per heavy atom. The van der Waals surface area contributed by atoms with Crippen LogP contribution in [0.1, 0.15) is 29.6 Å². The Morgan fingerprint density at radius 3 is 2.84 bits per heavy atom. The molecule has 2 aromatic heterocycles. The van der Waals surface area contributed by atoms with Gasteiger partial charge in [0.2, 0.25) is 0 Å². The number of methoxy groups -OCH3 is 1. The summed E-state index contributed by atoms with van der Waals surface area (Å²) in [5.41, 5.74) is 0.935. The number of hydrogen-bond acceptors (Lipinski definition) is 5. The number of furan rings is 1. The molecular weight excluding hydrogens is 320 g/mol. The lowest BCUT2D eigenvalue weighted by atomic mass is 10.1. The van der Waals surface area contributed by atoms with Gasteiger partial charge in [0.25, 0.3) is 5.91 Å². The van der Waals surface area contributed by atoms with E-state index in [0.717, 1.165) is 18.6 Å². The summed E-state index contributed by atoms with van der Waals surface area (Å²) in [5.74, 6) is 1.64. The normalized spacial score (nSPS) is 11.9. The molecule has 0 aliphatic carbocycles. The monoisotopic (exact) mass is 340 g/mol. The van der Waals surface area contributed by atoms with E-state index < -0.39 is 0 Å². The highest BCUT2D eigenvalue weighted by Crippen LogP contribution is 2.31. The lowest BCUT2D eigenvalue weighted by molar-refractivity contribution is 0.0934. The van der Waals surface area contributed by atoms with Crippen molar-refractivity contribution in [3.63, 3.8) is 0 Å². The first-order chi connectivity index (χ1) is 12.2. The zero-order valence-corrected chi connectivity index (χ0v) is 14.2. The van der Waals surface area contributed by atoms with Crippen molar-refractivity contribution in [3.05, 3.63) is 60.5 Å². The molecule has 2 heterocycles. The average molecular weight is 340 g/mol. The van der Waals surface area contributed by atoms with Gasteiger partial charge in [-0.15, -0.1) is 0 Å². The van der Waals surface area contributed by atoms with Crippen LogP contribution >= 0.6 is 0 Å². The number of carbonyl (C=O) groups is 1. The van der Waals surface area contributed by atoms with Crippen LogP contribution in [0, 0.1) is 0 Å². The smallest absolute Gasteiger partial charge is 0.274 e. The molecule has 1 amide bonds. The molecule has 1 aromatic carbocycles. The molecule has 0 spiro atoms. The Kier molecular flexibility index (Phi) is 5.18. The largest absolute Gasteiger partial charge is 0.496 e. The third kappa shape index (κ3) is 3.91. The number of rotatable bonds is 7. The molecule has 0 aliphatic heterocycles. The van der Waals surface area contributed by atoms with E-state index in [2.05, 4.69) is 10.3 Å². The van der Waals surface area contributed by atoms with Crippen LogP contribution in [0.3, 0.4) is 0 Å². The van der Waals surface area contributed by atoms with Gasteiger partial charge in [0, 0.05) is 12.5 Å². The minimum Gasteiger partial charge on any atom is -0.496 e. The lowest BCUT2D eigenvalue weighted by Gasteiger charge is -2.13. The van der Waals surface area contributed by atoms with Crippen LogP contribution in [0.25, 0.3) is 11.3 Å². The topological polar surface area (TPSA) is 77.5 Å². The van der Waals surface area contributed by atoms with Crippen molar-refractivity contribution in [3.8, 4) is 17.1 Å². The van der Waals surface area contributed by atoms with E-state index >= 15 is 0 Å². The molecule has 6 nitrogen and oxygen atoms in total. The Labute approximate surface area is 145 Å². The van der Waals surface area contributed by atoms with E-state index in [1.54, 1.807) is 13.4 Å². The van der Waals surface area contributed by atoms with E-state index in [9.17, 15) is 4.79 Å². The number of nitrogens with one attached hydrogen (secondary N) is 1. The van der Waals surface area contributed by atoms with Crippen molar-refractivity contribution >= 4 is 5.91 Å². The highest BCUT2D eigenvalue weighted by atomic mass is 16.5. The summed E-state index contributed by atoms with van der Waals surface area (Å²) in [6.45, 7) is 1.95. The van der Waals surface area contributed by atoms with Gasteiger partial charge in [-0.25, -0.2) is 4.98 Å². The van der Waals surface area contributed by atoms with Gasteiger partial charge in [0.15, 0.2) is 17.8 Å². The summed E-state index contributed by atoms with van der Waals surface area (Å²) in [6.07, 6.45) is 4.44. The quantitative estimate of drug-likeness (QED) is 0.710. The lowest BCUT2D eigenvalue weighted by Crippen LogP contribution is -2.33. The number of aromatic nitrogens is 1. The second kappa shape index (κ2) is 7.70. The van der Waals surface area contributed by atoms with Crippen molar-refractivity contribution in [2.75, 3.05) is 7.11 Å². The van der Waals surface area contributed by atoms with Crippen molar-refractivity contribution in [2.24, 2.45) is 0 Å². The summed E-state index contributed by atoms with van der Waals surface area (Å²) < 4.78 is 16.1. The molecule has 1 N–H and O–H groups in total. The molecule has 6 heteroatoms. The van der Waals surface area contributed by atoms with Crippen molar-refractivity contribution in [1.29, 1.82) is 0 Å². The molecule has 3 aromatic rings. The first kappa shape index (κ1) is 16.8. The van der Waals surface area contributed by atoms with Gasteiger partial charge < -0.3 is 18.9 Å². The van der Waals surface area contributed by atoms with Crippen LogP contribution in [0.4, 0.5) is 0 Å². The maximum absolute atomic E-state index is 12.6. The van der Waals surface area contributed by atoms with Crippen molar-refractivity contribution < 1.29 is 18.4 Å². The minimum absolute atomic E-state index is 0.0279. The zero-order valence-electron chi connectivity index (χ0n) is 14.2. The second-order valence-electron chi connectivity index (χ2n) is 5.72. The standard InChI is InChI=1S/C19H20N2O4/c1-13(9-10-14-6-5-11-24-14)21-19(22)17-18(25-12-20-17)15-7-3-4-8-16(15)23-2/h3-8,11-13H,9-10H2,1-2H3,(H,21,22)/t13-/m0/s1. The highest BCUT2D eigenvalue weighted by molar-refractivity contribution is 5.98. The van der Waals surface area contributed by atoms with E-state index in [1.807, 2.05) is 43.3 Å². The fraction of sp³-hybridized carbons (Fsp3) is 0.263. The Hall–Kier alpha value is -3.02. The number of ether oxygens (including phenoxy) is 1. The third-order valence-electron chi connectivity index (χ3n) is 3.92. The molecule has 0 aliphatic rings. The summed E-state index contributed by atoms with van der Waals surface area (Å²) in [6, 6.07) is 11.1. The number of benzene rings is 1. The molecule has 0 bridgehead atoms. The fourth-order valence-electron chi connectivity index (χ4n) is 2.61. The van der Waals surface area contributed by atoms with E-state index in [4.69, 9.17) is 13.6 Å². The maximum Gasteiger partial charge on any atom is 0.274 e. The van der Waals surface area contributed by atoms with E-state index in [-0.39, 0.29) is 17.6 Å². The van der Waals surface area contributed by atoms with E-state index in [0.29, 0.717) is 17.1 Å². The number of oxazole rings is 1. The zero-order chi connectivity index (χ0) is 17.6. The third-order valence-corrected chi connectivity index (χ3v) is 3.92. The molecular formula is C19H20N2O4. The Balaban J connectivity index is 1.70. The summed E-state index contributed by atoms with van der Waals surface area (Å²) >= 11 is 0. The molecule has 0 saturated carbocycles. The Bertz CT molecular complexity index is 824. The van der Waals surface area contributed by atoms with Crippen LogP contribution in [0.2, 0.25) is 0 Å². The molecule has 0 saturated heterocycles. The van der Waals surface area contributed by atoms with Gasteiger partial charge in [-0.1, -0.05) is 12.1 Å². The highest BCUT2D eigenvalue weighted by Gasteiger charge is 2.22. The minimum atomic E-state index is -0.276. The van der Waals surface area contributed by atoms with Gasteiger partial charge in [0.1, 0.15) is 11.5 Å². The van der Waals surface area contributed by atoms with Gasteiger partial charge in [-0.2, -0.15) is 0 Å². The number of carbonyl (C=O) groups excluding carboxylic acids is 1. The molecule has 130 valence electrons. The molecule has 3 rings (SSSR count). The molecule has 0 unspecified atom stereocenters. The van der Waals surface area contributed by atoms with Crippen LogP contribution in [-0.2, 0) is 6.42 Å². The number of para-hydroxylation sites is 1. The number of amides is 1. The maximum atomic E-state index is 12.6. The van der Waals surface area contributed by atoms with Gasteiger partial charge in [0.05, 0.1) is 18.9 Å². The van der Waals surface area contributed by atoms with Crippen molar-refractivity contribution in [1.82, 2.24) is 10.3 Å². The van der Waals surface area contributed by atoms with Crippen LogP contribution < -0.4 is 10.1 Å². The van der Waals surface area contributed by atoms with Crippen LogP contribution in [0.15, 0.2) is 57.9 Å². The Morgan fingerprint density at radius 2 is 2.08 bits per heavy atom. The summed E-state index contributed by atoms with van der Waals surface area (Å²) in [5, 5.41) is 2.95. The SMILES string of the molecule is COc1ccccc1-c1ocnc1C(=O)N[C@@H](C)CCc1ccco1.